The number of nitrogens with zero attached hydrogens (tertiary/aromatic N) is 4. The molecule has 1 unspecified atom stereocenters. The number of hydrogen-bond acceptors (Lipinski definition) is 4. The third kappa shape index (κ3) is 4.41. The second kappa shape index (κ2) is 9.12. The maximum Gasteiger partial charge on any atom is 0.416 e. The van der Waals surface area contributed by atoms with Crippen molar-refractivity contribution in [2.24, 2.45) is 0 Å². The Bertz CT molecular complexity index is 1860. The highest BCUT2D eigenvalue weighted by molar-refractivity contribution is 5.80. The molecule has 0 spiro atoms. The third-order valence-electron chi connectivity index (χ3n) is 6.68. The molecule has 1 aliphatic rings. The summed E-state index contributed by atoms with van der Waals surface area (Å²) in [6.07, 6.45) is 2.88. The van der Waals surface area contributed by atoms with Gasteiger partial charge in [-0.05, 0) is 66.6 Å². The van der Waals surface area contributed by atoms with Gasteiger partial charge in [-0.3, -0.25) is 13.9 Å². The molecule has 3 heterocycles. The summed E-state index contributed by atoms with van der Waals surface area (Å²) in [5.74, 6) is -0.513. The van der Waals surface area contributed by atoms with E-state index in [0.717, 1.165) is 12.1 Å². The van der Waals surface area contributed by atoms with Crippen LogP contribution in [0.5, 0.6) is 0 Å². The van der Waals surface area contributed by atoms with Crippen molar-refractivity contribution in [3.8, 4) is 17.1 Å². The maximum absolute atomic E-state index is 13.7. The SMILES string of the molecule is O=C(O)CC1=CCC(n2c(=O)n(-c3ccc(-c4nc5ccc(C(F)(F)F)cc5[nH]4)cc3)c3cccnc32)C=C1. The molecule has 1 aliphatic carbocycles. The first kappa shape index (κ1) is 24.4. The number of allylic oxidation sites excluding steroid dienone is 3. The normalized spacial score (nSPS) is 15.7. The number of carboxylic acid groups (broad SMARTS) is 1. The van der Waals surface area contributed by atoms with Gasteiger partial charge in [0.1, 0.15) is 5.82 Å². The monoisotopic (exact) mass is 531 g/mol. The summed E-state index contributed by atoms with van der Waals surface area (Å²) in [4.78, 5) is 36.5. The van der Waals surface area contributed by atoms with Crippen LogP contribution < -0.4 is 5.69 Å². The first-order chi connectivity index (χ1) is 18.7. The Morgan fingerprint density at radius 1 is 1.13 bits per heavy atom. The van der Waals surface area contributed by atoms with E-state index < -0.39 is 17.7 Å². The number of nitrogens with one attached hydrogen (secondary N) is 1. The number of pyridine rings is 1. The molecule has 6 rings (SSSR count). The van der Waals surface area contributed by atoms with Crippen molar-refractivity contribution in [3.05, 3.63) is 101 Å². The average molecular weight is 531 g/mol. The second-order valence-corrected chi connectivity index (χ2v) is 9.21. The number of aromatic amines is 1. The van der Waals surface area contributed by atoms with Gasteiger partial charge in [-0.15, -0.1) is 0 Å². The fourth-order valence-electron chi connectivity index (χ4n) is 4.84. The van der Waals surface area contributed by atoms with Gasteiger partial charge in [0.25, 0.3) is 0 Å². The van der Waals surface area contributed by atoms with E-state index in [1.54, 1.807) is 57.8 Å². The Morgan fingerprint density at radius 2 is 1.92 bits per heavy atom. The Labute approximate surface area is 218 Å². The van der Waals surface area contributed by atoms with Crippen LogP contribution in [0.3, 0.4) is 0 Å². The van der Waals surface area contributed by atoms with Gasteiger partial charge >= 0.3 is 17.8 Å². The van der Waals surface area contributed by atoms with E-state index in [-0.39, 0.29) is 23.7 Å². The number of fused-ring (bicyclic) bond motifs is 2. The van der Waals surface area contributed by atoms with Crippen LogP contribution in [0, 0.1) is 0 Å². The van der Waals surface area contributed by atoms with Gasteiger partial charge in [-0.25, -0.2) is 14.8 Å². The van der Waals surface area contributed by atoms with Gasteiger partial charge in [0.05, 0.1) is 40.3 Å². The Morgan fingerprint density at radius 3 is 2.62 bits per heavy atom. The maximum atomic E-state index is 13.7. The summed E-state index contributed by atoms with van der Waals surface area (Å²) < 4.78 is 42.4. The van der Waals surface area contributed by atoms with Crippen LogP contribution in [0.2, 0.25) is 0 Å². The van der Waals surface area contributed by atoms with Crippen LogP contribution in [0.1, 0.15) is 24.4 Å². The average Bonchev–Trinajstić information content (AvgIpc) is 3.46. The highest BCUT2D eigenvalue weighted by atomic mass is 19.4. The first-order valence-corrected chi connectivity index (χ1v) is 12.0. The summed E-state index contributed by atoms with van der Waals surface area (Å²) in [6, 6.07) is 13.5. The molecule has 5 aromatic rings. The number of hydrogen-bond donors (Lipinski definition) is 2. The van der Waals surface area contributed by atoms with E-state index in [0.29, 0.717) is 45.7 Å². The Balaban J connectivity index is 1.35. The predicted molar refractivity (Wildman–Crippen MR) is 139 cm³/mol. The molecule has 196 valence electrons. The number of H-pyrrole nitrogens is 1. The molecular weight excluding hydrogens is 511 g/mol. The quantitative estimate of drug-likeness (QED) is 0.305. The standard InChI is InChI=1S/C28H20F3N5O3/c29-28(30,31)18-7-12-21-22(15-18)34-25(33-21)17-5-10-19(11-6-17)35-23-2-1-13-32-26(23)36(27(35)39)20-8-3-16(4-9-20)14-24(37)38/h1-8,10-13,15,20H,9,14H2,(H,33,34)(H,37,38). The van der Waals surface area contributed by atoms with Gasteiger partial charge in [-0.2, -0.15) is 13.2 Å². The zero-order valence-electron chi connectivity index (χ0n) is 20.2. The lowest BCUT2D eigenvalue weighted by atomic mass is 10.0. The molecule has 39 heavy (non-hydrogen) atoms. The van der Waals surface area contributed by atoms with E-state index in [4.69, 9.17) is 5.11 Å². The van der Waals surface area contributed by atoms with Crippen molar-refractivity contribution >= 4 is 28.2 Å². The van der Waals surface area contributed by atoms with Crippen molar-refractivity contribution in [1.29, 1.82) is 0 Å². The number of alkyl halides is 3. The molecule has 0 bridgehead atoms. The molecule has 0 radical (unpaired) electrons. The Hall–Kier alpha value is -4.93. The van der Waals surface area contributed by atoms with Crippen molar-refractivity contribution in [3.63, 3.8) is 0 Å². The molecule has 2 aromatic carbocycles. The fraction of sp³-hybridized carbons (Fsp3) is 0.143. The summed E-state index contributed by atoms with van der Waals surface area (Å²) in [7, 11) is 0. The smallest absolute Gasteiger partial charge is 0.416 e. The Kier molecular flexibility index (Phi) is 5.71. The minimum Gasteiger partial charge on any atom is -0.481 e. The first-order valence-electron chi connectivity index (χ1n) is 12.0. The minimum absolute atomic E-state index is 0.0841. The number of aliphatic carboxylic acids is 1. The summed E-state index contributed by atoms with van der Waals surface area (Å²) >= 11 is 0. The van der Waals surface area contributed by atoms with Gasteiger partial charge in [-0.1, -0.05) is 18.2 Å². The number of carboxylic acids is 1. The van der Waals surface area contributed by atoms with Crippen molar-refractivity contribution < 1.29 is 23.1 Å². The lowest BCUT2D eigenvalue weighted by Gasteiger charge is -2.17. The van der Waals surface area contributed by atoms with E-state index in [1.807, 2.05) is 12.2 Å². The van der Waals surface area contributed by atoms with E-state index in [2.05, 4.69) is 15.0 Å². The largest absolute Gasteiger partial charge is 0.481 e. The molecule has 8 nitrogen and oxygen atoms in total. The molecule has 3 aromatic heterocycles. The van der Waals surface area contributed by atoms with Crippen LogP contribution in [-0.4, -0.2) is 35.2 Å². The van der Waals surface area contributed by atoms with Crippen LogP contribution in [0.25, 0.3) is 39.3 Å². The molecule has 0 saturated carbocycles. The number of benzene rings is 2. The van der Waals surface area contributed by atoms with Crippen molar-refractivity contribution in [2.45, 2.75) is 25.1 Å². The fourth-order valence-corrected chi connectivity index (χ4v) is 4.84. The van der Waals surface area contributed by atoms with Crippen molar-refractivity contribution in [1.82, 2.24) is 24.1 Å². The van der Waals surface area contributed by atoms with Crippen LogP contribution in [0.15, 0.2) is 89.4 Å². The lowest BCUT2D eigenvalue weighted by molar-refractivity contribution is -0.138. The van der Waals surface area contributed by atoms with Gasteiger partial charge in [0, 0.05) is 11.8 Å². The number of halogens is 3. The molecule has 2 N–H and O–H groups in total. The molecule has 0 fully saturated rings. The summed E-state index contributed by atoms with van der Waals surface area (Å²) in [6.45, 7) is 0. The number of rotatable bonds is 5. The molecule has 1 atom stereocenters. The molecule has 0 amide bonds. The second-order valence-electron chi connectivity index (χ2n) is 9.21. The highest BCUT2D eigenvalue weighted by Crippen LogP contribution is 2.32. The number of carbonyl (C=O) groups is 1. The summed E-state index contributed by atoms with van der Waals surface area (Å²) in [5.41, 5.74) is 2.63. The van der Waals surface area contributed by atoms with Crippen LogP contribution >= 0.6 is 0 Å². The predicted octanol–water partition coefficient (Wildman–Crippen LogP) is 5.65. The molecular formula is C28H20F3N5O3. The molecule has 0 saturated heterocycles. The topological polar surface area (TPSA) is 106 Å². The van der Waals surface area contributed by atoms with Gasteiger partial charge in [0.2, 0.25) is 0 Å². The number of aromatic nitrogens is 5. The number of imidazole rings is 2. The minimum atomic E-state index is -4.45. The van der Waals surface area contributed by atoms with Gasteiger partial charge < -0.3 is 10.1 Å². The highest BCUT2D eigenvalue weighted by Gasteiger charge is 2.30. The van der Waals surface area contributed by atoms with E-state index >= 15 is 0 Å². The van der Waals surface area contributed by atoms with Crippen LogP contribution in [0.4, 0.5) is 13.2 Å². The van der Waals surface area contributed by atoms with E-state index in [9.17, 15) is 22.8 Å². The zero-order valence-corrected chi connectivity index (χ0v) is 20.2. The zero-order chi connectivity index (χ0) is 27.3. The van der Waals surface area contributed by atoms with E-state index in [1.165, 1.54) is 6.07 Å². The van der Waals surface area contributed by atoms with Gasteiger partial charge in [0.15, 0.2) is 5.65 Å². The van der Waals surface area contributed by atoms with Crippen LogP contribution in [-0.2, 0) is 11.0 Å². The van der Waals surface area contributed by atoms with Crippen molar-refractivity contribution in [2.75, 3.05) is 0 Å². The molecule has 11 heteroatoms. The lowest BCUT2D eigenvalue weighted by Crippen LogP contribution is -2.26. The molecule has 0 aliphatic heterocycles. The third-order valence-corrected chi connectivity index (χ3v) is 6.68. The summed E-state index contributed by atoms with van der Waals surface area (Å²) in [5, 5.41) is 9.04.